The molecular weight excluding hydrogens is 308 g/mol. The topological polar surface area (TPSA) is 98.7 Å². The predicted octanol–water partition coefficient (Wildman–Crippen LogP) is 1.94. The van der Waals surface area contributed by atoms with E-state index in [2.05, 4.69) is 32.5 Å². The van der Waals surface area contributed by atoms with E-state index >= 15 is 0 Å². The lowest BCUT2D eigenvalue weighted by Gasteiger charge is -2.04. The number of hydrogen-bond donors (Lipinski definition) is 1. The number of aromatic nitrogens is 5. The van der Waals surface area contributed by atoms with Crippen LogP contribution in [0, 0.1) is 6.92 Å². The third-order valence-corrected chi connectivity index (χ3v) is 3.64. The Kier molecular flexibility index (Phi) is 4.37. The number of hydrogen-bond acceptors (Lipinski definition) is 6. The van der Waals surface area contributed by atoms with Crippen LogP contribution in [-0.4, -0.2) is 37.9 Å². The Balaban J connectivity index is 1.86. The van der Waals surface area contributed by atoms with E-state index in [4.69, 9.17) is 4.52 Å². The Bertz CT molecular complexity index is 850. The quantitative estimate of drug-likeness (QED) is 0.769. The highest BCUT2D eigenvalue weighted by Crippen LogP contribution is 2.19. The smallest absolute Gasteiger partial charge is 0.259 e. The summed E-state index contributed by atoms with van der Waals surface area (Å²) in [6.45, 7) is 3.88. The molecule has 0 saturated heterocycles. The van der Waals surface area contributed by atoms with Crippen molar-refractivity contribution in [3.05, 3.63) is 41.6 Å². The van der Waals surface area contributed by atoms with Crippen LogP contribution in [0.3, 0.4) is 0 Å². The number of aryl methyl sites for hydroxylation is 1. The van der Waals surface area contributed by atoms with Crippen LogP contribution in [0.15, 0.2) is 29.0 Å². The van der Waals surface area contributed by atoms with E-state index in [1.54, 1.807) is 24.0 Å². The number of amides is 1. The lowest BCUT2D eigenvalue weighted by molar-refractivity contribution is 0.0962. The van der Waals surface area contributed by atoms with Gasteiger partial charge in [-0.1, -0.05) is 12.1 Å². The van der Waals surface area contributed by atoms with E-state index in [1.807, 2.05) is 13.0 Å². The van der Waals surface area contributed by atoms with Crippen LogP contribution >= 0.6 is 0 Å². The monoisotopic (exact) mass is 326 g/mol. The molecule has 3 heterocycles. The number of carbonyl (C=O) groups excluding carboxylic acids is 1. The van der Waals surface area contributed by atoms with Crippen LogP contribution in [0.25, 0.3) is 17.3 Å². The second-order valence-electron chi connectivity index (χ2n) is 5.31. The lowest BCUT2D eigenvalue weighted by atomic mass is 10.2. The predicted molar refractivity (Wildman–Crippen MR) is 86.8 cm³/mol. The summed E-state index contributed by atoms with van der Waals surface area (Å²) in [6, 6.07) is 3.64. The molecule has 3 aromatic rings. The molecule has 0 aliphatic carbocycles. The maximum atomic E-state index is 11.8. The third kappa shape index (κ3) is 2.90. The Morgan fingerprint density at radius 3 is 2.83 bits per heavy atom. The van der Waals surface area contributed by atoms with E-state index in [0.717, 1.165) is 24.1 Å². The highest BCUT2D eigenvalue weighted by atomic mass is 16.5. The van der Waals surface area contributed by atoms with Gasteiger partial charge in [0, 0.05) is 19.7 Å². The van der Waals surface area contributed by atoms with Crippen molar-refractivity contribution in [2.45, 2.75) is 26.7 Å². The maximum Gasteiger partial charge on any atom is 0.259 e. The molecule has 0 aromatic carbocycles. The maximum absolute atomic E-state index is 11.8. The fourth-order valence-electron chi connectivity index (χ4n) is 2.33. The van der Waals surface area contributed by atoms with E-state index in [-0.39, 0.29) is 5.91 Å². The third-order valence-electron chi connectivity index (χ3n) is 3.64. The Hall–Kier alpha value is -3.03. The van der Waals surface area contributed by atoms with E-state index in [1.165, 1.54) is 6.20 Å². The second kappa shape index (κ2) is 6.61. The minimum atomic E-state index is -0.176. The van der Waals surface area contributed by atoms with Gasteiger partial charge in [0.15, 0.2) is 11.6 Å². The molecule has 0 saturated carbocycles. The molecule has 0 spiro atoms. The molecule has 3 aromatic heterocycles. The molecule has 0 aliphatic rings. The summed E-state index contributed by atoms with van der Waals surface area (Å²) in [4.78, 5) is 20.5. The van der Waals surface area contributed by atoms with Gasteiger partial charge in [0.1, 0.15) is 0 Å². The second-order valence-corrected chi connectivity index (χ2v) is 5.31. The van der Waals surface area contributed by atoms with Crippen molar-refractivity contribution < 1.29 is 9.32 Å². The molecule has 24 heavy (non-hydrogen) atoms. The van der Waals surface area contributed by atoms with Crippen molar-refractivity contribution in [3.8, 4) is 17.3 Å². The van der Waals surface area contributed by atoms with Crippen molar-refractivity contribution in [1.82, 2.24) is 30.2 Å². The SMILES string of the molecule is CCCc1noc(-c2ccc(-n3ncc(C(=O)NC)c3C)nc2)n1. The molecule has 8 nitrogen and oxygen atoms in total. The minimum Gasteiger partial charge on any atom is -0.355 e. The average molecular weight is 326 g/mol. The van der Waals surface area contributed by atoms with Crippen molar-refractivity contribution in [1.29, 1.82) is 0 Å². The summed E-state index contributed by atoms with van der Waals surface area (Å²) in [5, 5.41) is 10.8. The van der Waals surface area contributed by atoms with E-state index in [0.29, 0.717) is 23.1 Å². The number of pyridine rings is 1. The van der Waals surface area contributed by atoms with E-state index < -0.39 is 0 Å². The first-order chi connectivity index (χ1) is 11.6. The summed E-state index contributed by atoms with van der Waals surface area (Å²) in [5.74, 6) is 1.57. The van der Waals surface area contributed by atoms with Crippen molar-refractivity contribution in [2.75, 3.05) is 7.05 Å². The summed E-state index contributed by atoms with van der Waals surface area (Å²) in [7, 11) is 1.59. The Morgan fingerprint density at radius 1 is 1.33 bits per heavy atom. The van der Waals surface area contributed by atoms with Crippen molar-refractivity contribution in [2.24, 2.45) is 0 Å². The molecule has 1 amide bonds. The van der Waals surface area contributed by atoms with Crippen LogP contribution in [0.1, 0.15) is 35.2 Å². The molecule has 0 unspecified atom stereocenters. The summed E-state index contributed by atoms with van der Waals surface area (Å²) >= 11 is 0. The summed E-state index contributed by atoms with van der Waals surface area (Å²) in [6.07, 6.45) is 4.92. The zero-order chi connectivity index (χ0) is 17.1. The Morgan fingerprint density at radius 2 is 2.17 bits per heavy atom. The van der Waals surface area contributed by atoms with Crippen LogP contribution in [0.2, 0.25) is 0 Å². The van der Waals surface area contributed by atoms with E-state index in [9.17, 15) is 4.79 Å². The first-order valence-electron chi connectivity index (χ1n) is 7.70. The number of carbonyl (C=O) groups is 1. The first kappa shape index (κ1) is 15.9. The van der Waals surface area contributed by atoms with Gasteiger partial charge < -0.3 is 9.84 Å². The van der Waals surface area contributed by atoms with Gasteiger partial charge in [-0.25, -0.2) is 9.67 Å². The van der Waals surface area contributed by atoms with Gasteiger partial charge in [-0.15, -0.1) is 0 Å². The zero-order valence-electron chi connectivity index (χ0n) is 13.8. The molecule has 1 N–H and O–H groups in total. The molecule has 0 aliphatic heterocycles. The van der Waals surface area contributed by atoms with Gasteiger partial charge in [-0.3, -0.25) is 4.79 Å². The van der Waals surface area contributed by atoms with Gasteiger partial charge >= 0.3 is 0 Å². The molecule has 8 heteroatoms. The normalized spacial score (nSPS) is 10.8. The minimum absolute atomic E-state index is 0.176. The highest BCUT2D eigenvalue weighted by molar-refractivity contribution is 5.94. The molecule has 3 rings (SSSR count). The Labute approximate surface area is 138 Å². The molecule has 0 radical (unpaired) electrons. The van der Waals surface area contributed by atoms with Gasteiger partial charge in [0.05, 0.1) is 23.0 Å². The lowest BCUT2D eigenvalue weighted by Crippen LogP contribution is -2.18. The van der Waals surface area contributed by atoms with Crippen LogP contribution in [0.4, 0.5) is 0 Å². The average Bonchev–Trinajstić information content (AvgIpc) is 3.22. The molecule has 0 atom stereocenters. The molecule has 124 valence electrons. The number of nitrogens with zero attached hydrogens (tertiary/aromatic N) is 5. The fourth-order valence-corrected chi connectivity index (χ4v) is 2.33. The zero-order valence-corrected chi connectivity index (χ0v) is 13.8. The molecule has 0 bridgehead atoms. The standard InChI is InChI=1S/C16H18N6O2/c1-4-5-13-20-16(24-21-13)11-6-7-14(18-8-11)22-10(2)12(9-19-22)15(23)17-3/h6-9H,4-5H2,1-3H3,(H,17,23). The molecule has 0 fully saturated rings. The molecular formula is C16H18N6O2. The number of rotatable bonds is 5. The van der Waals surface area contributed by atoms with Crippen LogP contribution < -0.4 is 5.32 Å². The summed E-state index contributed by atoms with van der Waals surface area (Å²) in [5.41, 5.74) is 1.98. The van der Waals surface area contributed by atoms with Gasteiger partial charge in [-0.2, -0.15) is 10.1 Å². The summed E-state index contributed by atoms with van der Waals surface area (Å²) < 4.78 is 6.86. The van der Waals surface area contributed by atoms with Crippen LogP contribution in [0.5, 0.6) is 0 Å². The van der Waals surface area contributed by atoms with Crippen LogP contribution in [-0.2, 0) is 6.42 Å². The van der Waals surface area contributed by atoms with Gasteiger partial charge in [0.2, 0.25) is 0 Å². The van der Waals surface area contributed by atoms with Crippen molar-refractivity contribution in [3.63, 3.8) is 0 Å². The largest absolute Gasteiger partial charge is 0.355 e. The van der Waals surface area contributed by atoms with Crippen molar-refractivity contribution >= 4 is 5.91 Å². The first-order valence-corrected chi connectivity index (χ1v) is 7.70. The fraction of sp³-hybridized carbons (Fsp3) is 0.312. The van der Waals surface area contributed by atoms with Gasteiger partial charge in [-0.05, 0) is 25.5 Å². The number of nitrogens with one attached hydrogen (secondary N) is 1. The van der Waals surface area contributed by atoms with Gasteiger partial charge in [0.25, 0.3) is 11.8 Å². The highest BCUT2D eigenvalue weighted by Gasteiger charge is 2.15.